The van der Waals surface area contributed by atoms with Crippen molar-refractivity contribution in [3.63, 3.8) is 0 Å². The van der Waals surface area contributed by atoms with Crippen molar-refractivity contribution < 1.29 is 4.79 Å². The van der Waals surface area contributed by atoms with E-state index >= 15 is 0 Å². The van der Waals surface area contributed by atoms with Gasteiger partial charge in [0.25, 0.3) is 0 Å². The molecule has 5 fully saturated rings. The molecule has 0 heterocycles. The van der Waals surface area contributed by atoms with E-state index in [0.29, 0.717) is 33.4 Å². The Hall–Kier alpha value is -0.590. The number of hydrogen-bond acceptors (Lipinski definition) is 1. The molecule has 0 N–H and O–H groups in total. The smallest absolute Gasteiger partial charge is 0.138 e. The predicted molar refractivity (Wildman–Crippen MR) is 130 cm³/mol. The Bertz CT molecular complexity index is 807. The van der Waals surface area contributed by atoms with E-state index in [9.17, 15) is 4.79 Å². The SMILES string of the molecule is C=C(C)[C@@H]1CC[C@@]2(C)[C@@H]1CC[C@]1(C)[C@@H]2CC[C@@H]2[C@@]3(C)CCC(=O)C(C)(C)[C@H]3CC[C@]21C. The summed E-state index contributed by atoms with van der Waals surface area (Å²) in [5.74, 6) is 4.38. The fourth-order valence-electron chi connectivity index (χ4n) is 11.6. The first-order valence-corrected chi connectivity index (χ1v) is 13.5. The molecule has 0 aromatic heterocycles. The number of Topliss-reactive ketones (excluding diaryl/α,β-unsaturated/α-hetero) is 1. The molecule has 0 aromatic rings. The van der Waals surface area contributed by atoms with Crippen LogP contribution in [-0.2, 0) is 4.79 Å². The maximum Gasteiger partial charge on any atom is 0.138 e. The van der Waals surface area contributed by atoms with Crippen LogP contribution in [0.3, 0.4) is 0 Å². The van der Waals surface area contributed by atoms with Crippen molar-refractivity contribution >= 4 is 5.78 Å². The van der Waals surface area contributed by atoms with E-state index in [-0.39, 0.29) is 5.41 Å². The maximum atomic E-state index is 12.9. The Morgan fingerprint density at radius 3 is 1.94 bits per heavy atom. The Labute approximate surface area is 192 Å². The normalized spacial score (nSPS) is 55.6. The summed E-state index contributed by atoms with van der Waals surface area (Å²) in [6.07, 6.45) is 13.0. The lowest BCUT2D eigenvalue weighted by atomic mass is 9.32. The molecule has 5 aliphatic rings. The van der Waals surface area contributed by atoms with E-state index in [0.717, 1.165) is 36.5 Å². The summed E-state index contributed by atoms with van der Waals surface area (Å²) in [4.78, 5) is 12.9. The molecule has 5 rings (SSSR count). The zero-order chi connectivity index (χ0) is 22.6. The first kappa shape index (κ1) is 22.2. The van der Waals surface area contributed by atoms with Crippen LogP contribution in [0, 0.1) is 56.7 Å². The number of carbonyl (C=O) groups excluding carboxylic acids is 1. The summed E-state index contributed by atoms with van der Waals surface area (Å²) in [5, 5.41) is 0. The summed E-state index contributed by atoms with van der Waals surface area (Å²) in [6.45, 7) is 22.0. The van der Waals surface area contributed by atoms with E-state index < -0.39 is 0 Å². The van der Waals surface area contributed by atoms with Crippen molar-refractivity contribution in [2.45, 2.75) is 113 Å². The minimum absolute atomic E-state index is 0.129. The molecule has 9 atom stereocenters. The molecule has 0 aromatic carbocycles. The van der Waals surface area contributed by atoms with Gasteiger partial charge < -0.3 is 0 Å². The average molecular weight is 425 g/mol. The largest absolute Gasteiger partial charge is 0.299 e. The highest BCUT2D eigenvalue weighted by Gasteiger charge is 2.70. The number of allylic oxidation sites excluding steroid dienone is 1. The van der Waals surface area contributed by atoms with Crippen LogP contribution >= 0.6 is 0 Å². The third-order valence-corrected chi connectivity index (χ3v) is 13.3. The first-order valence-electron chi connectivity index (χ1n) is 13.5. The fraction of sp³-hybridized carbons (Fsp3) is 0.900. The molecule has 31 heavy (non-hydrogen) atoms. The summed E-state index contributed by atoms with van der Waals surface area (Å²) in [7, 11) is 0. The van der Waals surface area contributed by atoms with Crippen molar-refractivity contribution in [2.24, 2.45) is 56.7 Å². The number of ketones is 1. The molecule has 174 valence electrons. The Morgan fingerprint density at radius 2 is 1.32 bits per heavy atom. The van der Waals surface area contributed by atoms with E-state index in [1.807, 2.05) is 0 Å². The van der Waals surface area contributed by atoms with Gasteiger partial charge >= 0.3 is 0 Å². The van der Waals surface area contributed by atoms with Crippen LogP contribution in [0.15, 0.2) is 12.2 Å². The minimum Gasteiger partial charge on any atom is -0.299 e. The average Bonchev–Trinajstić information content (AvgIpc) is 3.03. The van der Waals surface area contributed by atoms with Crippen molar-refractivity contribution in [3.05, 3.63) is 12.2 Å². The van der Waals surface area contributed by atoms with E-state index in [4.69, 9.17) is 0 Å². The van der Waals surface area contributed by atoms with Gasteiger partial charge in [-0.05, 0) is 116 Å². The maximum absolute atomic E-state index is 12.9. The molecule has 1 heteroatoms. The molecule has 0 radical (unpaired) electrons. The second kappa shape index (κ2) is 6.50. The van der Waals surface area contributed by atoms with Crippen molar-refractivity contribution in [3.8, 4) is 0 Å². The lowest BCUT2D eigenvalue weighted by molar-refractivity contribution is -0.237. The van der Waals surface area contributed by atoms with Crippen LogP contribution in [0.4, 0.5) is 0 Å². The van der Waals surface area contributed by atoms with Gasteiger partial charge in [-0.15, -0.1) is 0 Å². The topological polar surface area (TPSA) is 17.1 Å². The number of rotatable bonds is 1. The number of carbonyl (C=O) groups is 1. The van der Waals surface area contributed by atoms with Crippen LogP contribution in [-0.4, -0.2) is 5.78 Å². The highest BCUT2D eigenvalue weighted by atomic mass is 16.1. The fourth-order valence-corrected chi connectivity index (χ4v) is 11.6. The third-order valence-electron chi connectivity index (χ3n) is 13.3. The summed E-state index contributed by atoms with van der Waals surface area (Å²) in [6, 6.07) is 0. The van der Waals surface area contributed by atoms with Gasteiger partial charge in [0.1, 0.15) is 5.78 Å². The monoisotopic (exact) mass is 424 g/mol. The summed E-state index contributed by atoms with van der Waals surface area (Å²) < 4.78 is 0. The van der Waals surface area contributed by atoms with E-state index in [1.165, 1.54) is 56.9 Å². The summed E-state index contributed by atoms with van der Waals surface area (Å²) in [5.41, 5.74) is 3.03. The molecular weight excluding hydrogens is 376 g/mol. The molecule has 5 aliphatic carbocycles. The zero-order valence-corrected chi connectivity index (χ0v) is 21.6. The van der Waals surface area contributed by atoms with Gasteiger partial charge in [0.05, 0.1) is 0 Å². The van der Waals surface area contributed by atoms with Crippen LogP contribution in [0.2, 0.25) is 0 Å². The number of fused-ring (bicyclic) bond motifs is 7. The standard InChI is InChI=1S/C30H48O/c1-19(2)20-11-15-27(5)21(20)12-17-29(7)23(27)9-10-24-28(6)16-14-25(31)26(3,4)22(28)13-18-30(24,29)8/h20-24H,1,9-18H2,2-8H3/t20-,21+,22+,23+,24+,27-,28-,29+,30+/m0/s1. The lowest BCUT2D eigenvalue weighted by Crippen LogP contribution is -2.66. The van der Waals surface area contributed by atoms with Gasteiger partial charge in [-0.25, -0.2) is 0 Å². The van der Waals surface area contributed by atoms with E-state index in [2.05, 4.69) is 55.0 Å². The van der Waals surface area contributed by atoms with Gasteiger partial charge in [-0.2, -0.15) is 0 Å². The van der Waals surface area contributed by atoms with Crippen molar-refractivity contribution in [1.29, 1.82) is 0 Å². The lowest BCUT2D eigenvalue weighted by Gasteiger charge is -2.72. The van der Waals surface area contributed by atoms with Crippen LogP contribution < -0.4 is 0 Å². The third kappa shape index (κ3) is 2.53. The molecule has 1 nitrogen and oxygen atoms in total. The van der Waals surface area contributed by atoms with Gasteiger partial charge in [0, 0.05) is 11.8 Å². The molecule has 0 spiro atoms. The Kier molecular flexibility index (Phi) is 4.66. The molecule has 0 bridgehead atoms. The quantitative estimate of drug-likeness (QED) is 0.387. The molecule has 5 saturated carbocycles. The van der Waals surface area contributed by atoms with Gasteiger partial charge in [-0.3, -0.25) is 4.79 Å². The van der Waals surface area contributed by atoms with Gasteiger partial charge in [-0.1, -0.05) is 53.7 Å². The molecule has 0 amide bonds. The van der Waals surface area contributed by atoms with Crippen molar-refractivity contribution in [1.82, 2.24) is 0 Å². The van der Waals surface area contributed by atoms with Crippen molar-refractivity contribution in [2.75, 3.05) is 0 Å². The number of hydrogen-bond donors (Lipinski definition) is 0. The summed E-state index contributed by atoms with van der Waals surface area (Å²) >= 11 is 0. The second-order valence-corrected chi connectivity index (χ2v) is 14.4. The predicted octanol–water partition coefficient (Wildman–Crippen LogP) is 8.23. The Morgan fingerprint density at radius 1 is 0.742 bits per heavy atom. The second-order valence-electron chi connectivity index (χ2n) is 14.4. The molecule has 0 saturated heterocycles. The highest BCUT2D eigenvalue weighted by molar-refractivity contribution is 5.85. The molecule has 0 unspecified atom stereocenters. The van der Waals surface area contributed by atoms with Crippen LogP contribution in [0.25, 0.3) is 0 Å². The van der Waals surface area contributed by atoms with Crippen LogP contribution in [0.5, 0.6) is 0 Å². The van der Waals surface area contributed by atoms with Gasteiger partial charge in [0.15, 0.2) is 0 Å². The molecule has 0 aliphatic heterocycles. The van der Waals surface area contributed by atoms with Gasteiger partial charge in [0.2, 0.25) is 0 Å². The minimum atomic E-state index is -0.129. The Balaban J connectivity index is 1.53. The highest BCUT2D eigenvalue weighted by Crippen LogP contribution is 2.77. The first-order chi connectivity index (χ1) is 14.3. The van der Waals surface area contributed by atoms with E-state index in [1.54, 1.807) is 0 Å². The molecular formula is C30H48O. The zero-order valence-electron chi connectivity index (χ0n) is 21.6. The van der Waals surface area contributed by atoms with Crippen LogP contribution in [0.1, 0.15) is 113 Å².